The van der Waals surface area contributed by atoms with E-state index in [1.54, 1.807) is 0 Å². The van der Waals surface area contributed by atoms with E-state index < -0.39 is 0 Å². The lowest BCUT2D eigenvalue weighted by atomic mass is 10.0. The molecule has 2 N–H and O–H groups in total. The summed E-state index contributed by atoms with van der Waals surface area (Å²) in [4.78, 5) is 0. The van der Waals surface area contributed by atoms with E-state index in [0.717, 1.165) is 36.3 Å². The predicted octanol–water partition coefficient (Wildman–Crippen LogP) is 2.89. The van der Waals surface area contributed by atoms with Crippen LogP contribution in [0.5, 0.6) is 0 Å². The van der Waals surface area contributed by atoms with Crippen LogP contribution >= 0.6 is 15.9 Å². The van der Waals surface area contributed by atoms with Crippen LogP contribution in [-0.4, -0.2) is 25.9 Å². The Morgan fingerprint density at radius 2 is 2.17 bits per heavy atom. The maximum atomic E-state index is 6.02. The first-order chi connectivity index (χ1) is 8.66. The van der Waals surface area contributed by atoms with Crippen molar-refractivity contribution in [3.8, 4) is 0 Å². The molecule has 1 fully saturated rings. The van der Waals surface area contributed by atoms with Gasteiger partial charge in [-0.15, -0.1) is 0 Å². The Morgan fingerprint density at radius 1 is 1.44 bits per heavy atom. The molecule has 1 heterocycles. The van der Waals surface area contributed by atoms with Crippen LogP contribution in [0.3, 0.4) is 0 Å². The van der Waals surface area contributed by atoms with Crippen LogP contribution in [0.1, 0.15) is 25.0 Å². The Bertz CT molecular complexity index is 361. The first-order valence-electron chi connectivity index (χ1n) is 6.37. The molecule has 0 spiro atoms. The van der Waals surface area contributed by atoms with E-state index in [2.05, 4.69) is 28.1 Å². The molecule has 100 valence electrons. The molecule has 3 atom stereocenters. The van der Waals surface area contributed by atoms with Gasteiger partial charge in [0.2, 0.25) is 0 Å². The van der Waals surface area contributed by atoms with Gasteiger partial charge in [-0.3, -0.25) is 0 Å². The minimum atomic E-state index is -0.0429. The summed E-state index contributed by atoms with van der Waals surface area (Å²) in [5.41, 5.74) is 7.16. The molecule has 1 aromatic rings. The number of rotatable bonds is 5. The van der Waals surface area contributed by atoms with E-state index in [1.165, 1.54) is 0 Å². The second-order valence-electron chi connectivity index (χ2n) is 4.89. The number of halogens is 1. The molecule has 2 rings (SSSR count). The molecule has 3 nitrogen and oxygen atoms in total. The van der Waals surface area contributed by atoms with Gasteiger partial charge >= 0.3 is 0 Å². The first kappa shape index (κ1) is 14.0. The molecule has 1 aliphatic heterocycles. The number of nitrogens with two attached hydrogens (primary N) is 1. The molecule has 3 unspecified atom stereocenters. The summed E-state index contributed by atoms with van der Waals surface area (Å²) in [5.74, 6) is 0.515. The predicted molar refractivity (Wildman–Crippen MR) is 75.4 cm³/mol. The highest BCUT2D eigenvalue weighted by atomic mass is 79.9. The third-order valence-corrected chi connectivity index (χ3v) is 3.74. The highest BCUT2D eigenvalue weighted by Gasteiger charge is 2.21. The zero-order chi connectivity index (χ0) is 13.0. The third kappa shape index (κ3) is 3.79. The number of benzene rings is 1. The third-order valence-electron chi connectivity index (χ3n) is 3.21. The zero-order valence-electron chi connectivity index (χ0n) is 10.6. The van der Waals surface area contributed by atoms with Gasteiger partial charge in [-0.25, -0.2) is 0 Å². The van der Waals surface area contributed by atoms with Gasteiger partial charge in [0.15, 0.2) is 0 Å². The minimum Gasteiger partial charge on any atom is -0.381 e. The van der Waals surface area contributed by atoms with E-state index in [4.69, 9.17) is 15.2 Å². The maximum absolute atomic E-state index is 6.02. The molecule has 1 saturated heterocycles. The van der Waals surface area contributed by atoms with Crippen molar-refractivity contribution in [3.05, 3.63) is 34.3 Å². The summed E-state index contributed by atoms with van der Waals surface area (Å²) in [6.45, 7) is 4.38. The van der Waals surface area contributed by atoms with Gasteiger partial charge in [-0.1, -0.05) is 28.1 Å². The fourth-order valence-corrected chi connectivity index (χ4v) is 2.42. The second-order valence-corrected chi connectivity index (χ2v) is 5.81. The summed E-state index contributed by atoms with van der Waals surface area (Å²) in [7, 11) is 0. The topological polar surface area (TPSA) is 44.5 Å². The van der Waals surface area contributed by atoms with E-state index in [9.17, 15) is 0 Å². The maximum Gasteiger partial charge on any atom is 0.0973 e. The molecule has 0 aliphatic carbocycles. The van der Waals surface area contributed by atoms with Gasteiger partial charge in [-0.2, -0.15) is 0 Å². The molecule has 1 aromatic carbocycles. The molecule has 0 radical (unpaired) electrons. The van der Waals surface area contributed by atoms with Crippen LogP contribution in [-0.2, 0) is 9.47 Å². The Labute approximate surface area is 117 Å². The van der Waals surface area contributed by atoms with Crippen molar-refractivity contribution < 1.29 is 9.47 Å². The highest BCUT2D eigenvalue weighted by molar-refractivity contribution is 9.10. The molecular weight excluding hydrogens is 294 g/mol. The fraction of sp³-hybridized carbons (Fsp3) is 0.571. The average molecular weight is 314 g/mol. The number of hydrogen-bond donors (Lipinski definition) is 1. The largest absolute Gasteiger partial charge is 0.381 e. The Balaban J connectivity index is 1.96. The Kier molecular flexibility index (Phi) is 5.18. The molecule has 18 heavy (non-hydrogen) atoms. The standard InChI is InChI=1S/C14H20BrNO2/c1-10(16)14(12-2-4-13(15)5-3-12)18-9-11-6-7-17-8-11/h2-5,10-11,14H,6-9,16H2,1H3. The molecule has 0 aromatic heterocycles. The lowest BCUT2D eigenvalue weighted by molar-refractivity contribution is 0.0134. The van der Waals surface area contributed by atoms with Gasteiger partial charge in [0.05, 0.1) is 19.3 Å². The number of ether oxygens (including phenoxy) is 2. The normalized spacial score (nSPS) is 22.9. The van der Waals surface area contributed by atoms with Gasteiger partial charge < -0.3 is 15.2 Å². The van der Waals surface area contributed by atoms with E-state index in [0.29, 0.717) is 5.92 Å². The van der Waals surface area contributed by atoms with Crippen molar-refractivity contribution in [1.82, 2.24) is 0 Å². The summed E-state index contributed by atoms with van der Waals surface area (Å²) >= 11 is 3.44. The first-order valence-corrected chi connectivity index (χ1v) is 7.16. The van der Waals surface area contributed by atoms with Crippen molar-refractivity contribution in [3.63, 3.8) is 0 Å². The summed E-state index contributed by atoms with van der Waals surface area (Å²) in [6, 6.07) is 8.14. The average Bonchev–Trinajstić information content (AvgIpc) is 2.84. The molecule has 0 saturated carbocycles. The van der Waals surface area contributed by atoms with E-state index in [1.807, 2.05) is 19.1 Å². The second kappa shape index (κ2) is 6.66. The fourth-order valence-electron chi connectivity index (χ4n) is 2.16. The van der Waals surface area contributed by atoms with Crippen LogP contribution in [0, 0.1) is 5.92 Å². The van der Waals surface area contributed by atoms with Crippen molar-refractivity contribution in [2.75, 3.05) is 19.8 Å². The van der Waals surface area contributed by atoms with Crippen molar-refractivity contribution in [2.24, 2.45) is 11.7 Å². The molecule has 0 bridgehead atoms. The number of hydrogen-bond acceptors (Lipinski definition) is 3. The highest BCUT2D eigenvalue weighted by Crippen LogP contribution is 2.24. The van der Waals surface area contributed by atoms with Crippen LogP contribution in [0.25, 0.3) is 0 Å². The quantitative estimate of drug-likeness (QED) is 0.909. The molecule has 4 heteroatoms. The summed E-state index contributed by atoms with van der Waals surface area (Å²) < 4.78 is 12.4. The summed E-state index contributed by atoms with van der Waals surface area (Å²) in [6.07, 6.45) is 1.05. The van der Waals surface area contributed by atoms with Crippen molar-refractivity contribution in [1.29, 1.82) is 0 Å². The van der Waals surface area contributed by atoms with Gasteiger partial charge in [0.1, 0.15) is 0 Å². The van der Waals surface area contributed by atoms with Crippen molar-refractivity contribution in [2.45, 2.75) is 25.5 Å². The van der Waals surface area contributed by atoms with Gasteiger partial charge in [0.25, 0.3) is 0 Å². The Hall–Kier alpha value is -0.420. The van der Waals surface area contributed by atoms with Gasteiger partial charge in [0, 0.05) is 23.0 Å². The summed E-state index contributed by atoms with van der Waals surface area (Å²) in [5, 5.41) is 0. The van der Waals surface area contributed by atoms with E-state index >= 15 is 0 Å². The van der Waals surface area contributed by atoms with Crippen LogP contribution in [0.2, 0.25) is 0 Å². The smallest absolute Gasteiger partial charge is 0.0973 e. The van der Waals surface area contributed by atoms with Crippen molar-refractivity contribution >= 4 is 15.9 Å². The van der Waals surface area contributed by atoms with Crippen LogP contribution < -0.4 is 5.73 Å². The lowest BCUT2D eigenvalue weighted by Crippen LogP contribution is -2.28. The lowest BCUT2D eigenvalue weighted by Gasteiger charge is -2.23. The SMILES string of the molecule is CC(N)C(OCC1CCOC1)c1ccc(Br)cc1. The Morgan fingerprint density at radius 3 is 2.72 bits per heavy atom. The molecular formula is C14H20BrNO2. The van der Waals surface area contributed by atoms with Gasteiger partial charge in [-0.05, 0) is 31.0 Å². The minimum absolute atomic E-state index is 0.0199. The zero-order valence-corrected chi connectivity index (χ0v) is 12.2. The van der Waals surface area contributed by atoms with Crippen LogP contribution in [0.15, 0.2) is 28.7 Å². The van der Waals surface area contributed by atoms with Crippen LogP contribution in [0.4, 0.5) is 0 Å². The van der Waals surface area contributed by atoms with E-state index in [-0.39, 0.29) is 12.1 Å². The monoisotopic (exact) mass is 313 g/mol. The molecule has 0 amide bonds. The molecule has 1 aliphatic rings.